The zero-order valence-electron chi connectivity index (χ0n) is 18.9. The number of aromatic nitrogens is 5. The van der Waals surface area contributed by atoms with Gasteiger partial charge in [-0.05, 0) is 48.8 Å². The number of halogens is 3. The summed E-state index contributed by atoms with van der Waals surface area (Å²) in [7, 11) is 1.67. The molecule has 2 bridgehead atoms. The number of rotatable bonds is 3. The fraction of sp³-hybridized carbons (Fsp3) is 0.435. The molecule has 178 valence electrons. The monoisotopic (exact) mass is 471 g/mol. The average molecular weight is 471 g/mol. The Kier molecular flexibility index (Phi) is 5.10. The molecule has 1 aliphatic carbocycles. The Morgan fingerprint density at radius 2 is 1.85 bits per heavy atom. The van der Waals surface area contributed by atoms with Crippen LogP contribution in [0.3, 0.4) is 0 Å². The van der Waals surface area contributed by atoms with Gasteiger partial charge in [0.05, 0.1) is 17.2 Å². The lowest BCUT2D eigenvalue weighted by atomic mass is 9.62. The topological polar surface area (TPSA) is 103 Å². The highest BCUT2D eigenvalue weighted by Gasteiger charge is 2.54. The van der Waals surface area contributed by atoms with Crippen LogP contribution in [0, 0.1) is 18.8 Å². The van der Waals surface area contributed by atoms with Gasteiger partial charge < -0.3 is 10.6 Å². The number of aryl methyl sites for hydroxylation is 1. The Labute approximate surface area is 194 Å². The molecule has 3 aromatic rings. The molecule has 2 N–H and O–H groups in total. The van der Waals surface area contributed by atoms with Crippen LogP contribution in [-0.2, 0) is 13.2 Å². The first kappa shape index (κ1) is 22.3. The second kappa shape index (κ2) is 7.78. The molecular weight excluding hydrogens is 447 g/mol. The summed E-state index contributed by atoms with van der Waals surface area (Å²) in [6.45, 7) is 3.44. The predicted molar refractivity (Wildman–Crippen MR) is 117 cm³/mol. The zero-order valence-corrected chi connectivity index (χ0v) is 18.9. The van der Waals surface area contributed by atoms with E-state index in [0.717, 1.165) is 19.0 Å². The molecule has 5 heterocycles. The molecule has 3 aliphatic rings. The number of hydrogen-bond donors (Lipinski definition) is 1. The molecule has 8 nitrogen and oxygen atoms in total. The summed E-state index contributed by atoms with van der Waals surface area (Å²) in [5.41, 5.74) is 5.91. The van der Waals surface area contributed by atoms with E-state index in [9.17, 15) is 18.0 Å². The van der Waals surface area contributed by atoms with Gasteiger partial charge in [-0.25, -0.2) is 15.0 Å². The smallest absolute Gasteiger partial charge is 0.383 e. The van der Waals surface area contributed by atoms with Crippen LogP contribution in [0.1, 0.15) is 53.0 Å². The highest BCUT2D eigenvalue weighted by Crippen LogP contribution is 2.55. The molecule has 34 heavy (non-hydrogen) atoms. The Bertz CT molecular complexity index is 1250. The first-order chi connectivity index (χ1) is 16.1. The Morgan fingerprint density at radius 1 is 1.18 bits per heavy atom. The minimum atomic E-state index is -4.63. The van der Waals surface area contributed by atoms with Gasteiger partial charge >= 0.3 is 6.18 Å². The largest absolute Gasteiger partial charge is 0.418 e. The molecule has 6 rings (SSSR count). The maximum atomic E-state index is 14.1. The number of nitrogens with zero attached hydrogens (tertiary/aromatic N) is 6. The van der Waals surface area contributed by atoms with Crippen LogP contribution in [0.2, 0.25) is 0 Å². The van der Waals surface area contributed by atoms with E-state index < -0.39 is 23.7 Å². The summed E-state index contributed by atoms with van der Waals surface area (Å²) >= 11 is 0. The first-order valence-electron chi connectivity index (χ1n) is 11.0. The van der Waals surface area contributed by atoms with Crippen molar-refractivity contribution in [2.75, 3.05) is 5.73 Å². The molecule has 0 unspecified atom stereocenters. The van der Waals surface area contributed by atoms with Crippen LogP contribution < -0.4 is 5.73 Å². The van der Waals surface area contributed by atoms with Gasteiger partial charge in [0.25, 0.3) is 5.91 Å². The van der Waals surface area contributed by atoms with Gasteiger partial charge in [-0.15, -0.1) is 0 Å². The van der Waals surface area contributed by atoms with Crippen LogP contribution in [0.15, 0.2) is 30.9 Å². The lowest BCUT2D eigenvalue weighted by Gasteiger charge is -2.57. The van der Waals surface area contributed by atoms with Crippen molar-refractivity contribution in [3.63, 3.8) is 0 Å². The number of nitrogen functional groups attached to an aromatic ring is 1. The Morgan fingerprint density at radius 3 is 2.50 bits per heavy atom. The summed E-state index contributed by atoms with van der Waals surface area (Å²) in [6.07, 6.45) is 2.39. The van der Waals surface area contributed by atoms with Crippen molar-refractivity contribution in [3.8, 4) is 11.4 Å². The highest BCUT2D eigenvalue weighted by molar-refractivity contribution is 5.98. The summed E-state index contributed by atoms with van der Waals surface area (Å²) in [6, 6.07) is 0.673. The summed E-state index contributed by atoms with van der Waals surface area (Å²) in [5, 5.41) is 4.36. The number of carbonyl (C=O) groups is 1. The van der Waals surface area contributed by atoms with Crippen LogP contribution in [0.25, 0.3) is 11.4 Å². The number of pyridine rings is 1. The standard InChI is InChI=1S/C23H24F3N7O/c1-11-13-7-14(8-13)33(19(11)17-12(2)20(27)30-9-16(17)23(24,25)26)22(34)18-15(10-32(3)31-18)21-28-5-4-6-29-21/h4-6,9-11,13-14,19H,7-8H2,1-3H3,(H2,27,30)/t11-,13?,14?,19+/m0/s1. The number of piperidine rings is 2. The van der Waals surface area contributed by atoms with E-state index in [-0.39, 0.29) is 40.5 Å². The van der Waals surface area contributed by atoms with Crippen LogP contribution >= 0.6 is 0 Å². The number of hydrogen-bond acceptors (Lipinski definition) is 6. The normalized spacial score (nSPS) is 24.1. The van der Waals surface area contributed by atoms with Gasteiger partial charge in [-0.1, -0.05) is 6.92 Å². The van der Waals surface area contributed by atoms with Crippen molar-refractivity contribution in [2.24, 2.45) is 18.9 Å². The van der Waals surface area contributed by atoms with Gasteiger partial charge in [0.15, 0.2) is 11.5 Å². The number of anilines is 1. The molecule has 1 amide bonds. The average Bonchev–Trinajstić information content (AvgIpc) is 3.15. The molecule has 0 aromatic carbocycles. The van der Waals surface area contributed by atoms with Crippen molar-refractivity contribution >= 4 is 11.7 Å². The van der Waals surface area contributed by atoms with E-state index in [1.165, 1.54) is 11.6 Å². The molecule has 11 heteroatoms. The van der Waals surface area contributed by atoms with E-state index in [2.05, 4.69) is 20.1 Å². The van der Waals surface area contributed by atoms with Crippen molar-refractivity contribution in [1.29, 1.82) is 0 Å². The second-order valence-electron chi connectivity index (χ2n) is 9.13. The summed E-state index contributed by atoms with van der Waals surface area (Å²) < 4.78 is 43.7. The summed E-state index contributed by atoms with van der Waals surface area (Å²) in [5.74, 6) is -0.0540. The van der Waals surface area contributed by atoms with E-state index in [0.29, 0.717) is 11.4 Å². The number of alkyl halides is 3. The molecule has 2 atom stereocenters. The number of nitrogens with two attached hydrogens (primary N) is 1. The molecule has 3 fully saturated rings. The third-order valence-corrected chi connectivity index (χ3v) is 7.17. The fourth-order valence-electron chi connectivity index (χ4n) is 5.34. The molecule has 0 spiro atoms. The van der Waals surface area contributed by atoms with E-state index in [1.54, 1.807) is 36.6 Å². The fourth-order valence-corrected chi connectivity index (χ4v) is 5.34. The maximum Gasteiger partial charge on any atom is 0.418 e. The van der Waals surface area contributed by atoms with Crippen molar-refractivity contribution in [1.82, 2.24) is 29.6 Å². The van der Waals surface area contributed by atoms with Gasteiger partial charge in [0, 0.05) is 37.9 Å². The number of amides is 1. The van der Waals surface area contributed by atoms with Crippen molar-refractivity contribution in [2.45, 2.75) is 44.9 Å². The highest BCUT2D eigenvalue weighted by atomic mass is 19.4. The third-order valence-electron chi connectivity index (χ3n) is 7.17. The SMILES string of the molecule is Cc1c(N)ncc(C(F)(F)F)c1[C@H]1[C@@H](C)C2CC(C2)N1C(=O)c1nn(C)cc1-c1ncccn1. The summed E-state index contributed by atoms with van der Waals surface area (Å²) in [4.78, 5) is 27.8. The van der Waals surface area contributed by atoms with Crippen LogP contribution in [-0.4, -0.2) is 41.6 Å². The Hall–Kier alpha value is -3.50. The number of carbonyl (C=O) groups excluding carboxylic acids is 1. The lowest BCUT2D eigenvalue weighted by molar-refractivity contribution is -0.140. The Balaban J connectivity index is 1.66. The molecular formula is C23H24F3N7O. The third kappa shape index (κ3) is 3.41. The lowest BCUT2D eigenvalue weighted by Crippen LogP contribution is -2.59. The van der Waals surface area contributed by atoms with Gasteiger partial charge in [0.2, 0.25) is 0 Å². The molecule has 2 saturated heterocycles. The molecule has 0 radical (unpaired) electrons. The second-order valence-corrected chi connectivity index (χ2v) is 9.13. The van der Waals surface area contributed by atoms with Gasteiger partial charge in [-0.3, -0.25) is 9.48 Å². The molecule has 2 aliphatic heterocycles. The van der Waals surface area contributed by atoms with Gasteiger partial charge in [-0.2, -0.15) is 18.3 Å². The quantitative estimate of drug-likeness (QED) is 0.624. The first-order valence-corrected chi connectivity index (χ1v) is 11.0. The minimum Gasteiger partial charge on any atom is -0.383 e. The van der Waals surface area contributed by atoms with Crippen molar-refractivity contribution < 1.29 is 18.0 Å². The predicted octanol–water partition coefficient (Wildman–Crippen LogP) is 3.79. The van der Waals surface area contributed by atoms with Crippen molar-refractivity contribution in [3.05, 3.63) is 53.2 Å². The minimum absolute atomic E-state index is 0.0173. The van der Waals surface area contributed by atoms with E-state index in [1.807, 2.05) is 6.92 Å². The molecule has 1 saturated carbocycles. The zero-order chi connectivity index (χ0) is 24.4. The van der Waals surface area contributed by atoms with Gasteiger partial charge in [0.1, 0.15) is 5.82 Å². The maximum absolute atomic E-state index is 14.1. The molecule has 3 aromatic heterocycles. The number of fused-ring (bicyclic) bond motifs is 2. The van der Waals surface area contributed by atoms with E-state index in [4.69, 9.17) is 5.73 Å². The van der Waals surface area contributed by atoms with Crippen LogP contribution in [0.4, 0.5) is 19.0 Å². The van der Waals surface area contributed by atoms with Crippen LogP contribution in [0.5, 0.6) is 0 Å². The van der Waals surface area contributed by atoms with E-state index >= 15 is 0 Å².